The van der Waals surface area contributed by atoms with Crippen LogP contribution in [0.3, 0.4) is 0 Å². The quantitative estimate of drug-likeness (QED) is 0.722. The van der Waals surface area contributed by atoms with Crippen LogP contribution in [0.5, 0.6) is 11.5 Å². The molecule has 140 valence electrons. The molecule has 2 atom stereocenters. The van der Waals surface area contributed by atoms with Gasteiger partial charge in [0.25, 0.3) is 5.91 Å². The molecule has 0 saturated carbocycles. The van der Waals surface area contributed by atoms with Crippen LogP contribution >= 0.6 is 15.9 Å². The van der Waals surface area contributed by atoms with E-state index in [2.05, 4.69) is 21.2 Å². The van der Waals surface area contributed by atoms with E-state index in [0.29, 0.717) is 18.0 Å². The molecule has 0 aromatic heterocycles. The number of aryl methyl sites for hydroxylation is 1. The molecule has 0 saturated heterocycles. The van der Waals surface area contributed by atoms with Gasteiger partial charge in [0.15, 0.2) is 17.5 Å². The molecule has 1 unspecified atom stereocenters. The van der Waals surface area contributed by atoms with Gasteiger partial charge in [0.1, 0.15) is 6.54 Å². The van der Waals surface area contributed by atoms with Crippen molar-refractivity contribution < 1.29 is 19.2 Å². The van der Waals surface area contributed by atoms with Crippen molar-refractivity contribution >= 4 is 27.5 Å². The summed E-state index contributed by atoms with van der Waals surface area (Å²) in [5.74, 6) is 1.41. The molecule has 2 aromatic carbocycles. The van der Waals surface area contributed by atoms with E-state index in [1.165, 1.54) is 0 Å². The molecule has 0 aliphatic carbocycles. The summed E-state index contributed by atoms with van der Waals surface area (Å²) in [6.45, 7) is 4.68. The number of quaternary nitrogens is 1. The minimum Gasteiger partial charge on any atom is -0.493 e. The molecule has 2 rings (SSSR count). The highest BCUT2D eigenvalue weighted by Gasteiger charge is 2.23. The van der Waals surface area contributed by atoms with Gasteiger partial charge in [0, 0.05) is 15.7 Å². The highest BCUT2D eigenvalue weighted by Crippen LogP contribution is 2.29. The maximum atomic E-state index is 12.5. The van der Waals surface area contributed by atoms with Gasteiger partial charge in [-0.2, -0.15) is 0 Å². The van der Waals surface area contributed by atoms with E-state index in [4.69, 9.17) is 9.47 Å². The number of hydrogen-bond donors (Lipinski definition) is 2. The van der Waals surface area contributed by atoms with Crippen LogP contribution in [-0.2, 0) is 11.3 Å². The summed E-state index contributed by atoms with van der Waals surface area (Å²) in [4.78, 5) is 13.6. The van der Waals surface area contributed by atoms with Crippen molar-refractivity contribution in [2.75, 3.05) is 26.6 Å². The van der Waals surface area contributed by atoms with Crippen molar-refractivity contribution in [1.82, 2.24) is 0 Å². The maximum Gasteiger partial charge on any atom is 0.282 e. The molecule has 0 radical (unpaired) electrons. The summed E-state index contributed by atoms with van der Waals surface area (Å²) in [5.41, 5.74) is 3.03. The molecular weight excluding hydrogens is 396 g/mol. The number of rotatable bonds is 7. The van der Waals surface area contributed by atoms with Crippen molar-refractivity contribution in [1.29, 1.82) is 0 Å². The average Bonchev–Trinajstić information content (AvgIpc) is 2.63. The van der Waals surface area contributed by atoms with Crippen LogP contribution in [0.15, 0.2) is 40.9 Å². The van der Waals surface area contributed by atoms with Crippen LogP contribution in [0, 0.1) is 6.92 Å². The fourth-order valence-electron chi connectivity index (χ4n) is 2.67. The lowest BCUT2D eigenvalue weighted by Gasteiger charge is -2.22. The fraction of sp³-hybridized carbons (Fsp3) is 0.350. The summed E-state index contributed by atoms with van der Waals surface area (Å²) >= 11 is 3.39. The van der Waals surface area contributed by atoms with Crippen LogP contribution in [-0.4, -0.2) is 33.2 Å². The summed E-state index contributed by atoms with van der Waals surface area (Å²) in [5, 5.41) is 2.97. The summed E-state index contributed by atoms with van der Waals surface area (Å²) in [6.07, 6.45) is 0. The van der Waals surface area contributed by atoms with Crippen molar-refractivity contribution in [3.05, 3.63) is 52.0 Å². The largest absolute Gasteiger partial charge is 0.493 e. The topological polar surface area (TPSA) is 52.0 Å². The average molecular weight is 422 g/mol. The smallest absolute Gasteiger partial charge is 0.282 e. The van der Waals surface area contributed by atoms with Crippen LogP contribution in [0.4, 0.5) is 5.69 Å². The van der Waals surface area contributed by atoms with Crippen LogP contribution in [0.2, 0.25) is 0 Å². The standard InChI is InChI=1S/C20H25BrN2O3/c1-13-10-18(25-4)19(26-5)11-15(13)12-23(3)14(2)20(24)22-17-8-6-16(21)7-9-17/h6-11,14H,12H2,1-5H3,(H,22,24)/p+1/t14-/m1/s1. The lowest BCUT2D eigenvalue weighted by Crippen LogP contribution is -3.12. The molecule has 0 fully saturated rings. The lowest BCUT2D eigenvalue weighted by atomic mass is 10.1. The van der Waals surface area contributed by atoms with Gasteiger partial charge >= 0.3 is 0 Å². The minimum atomic E-state index is -0.203. The number of carbonyl (C=O) groups is 1. The number of methoxy groups -OCH3 is 2. The summed E-state index contributed by atoms with van der Waals surface area (Å²) in [7, 11) is 5.27. The third kappa shape index (κ3) is 4.99. The van der Waals surface area contributed by atoms with Gasteiger partial charge in [-0.05, 0) is 55.8 Å². The molecule has 6 heteroatoms. The Morgan fingerprint density at radius 1 is 1.15 bits per heavy atom. The lowest BCUT2D eigenvalue weighted by molar-refractivity contribution is -0.907. The molecule has 26 heavy (non-hydrogen) atoms. The molecule has 0 aliphatic rings. The van der Waals surface area contributed by atoms with E-state index in [9.17, 15) is 4.79 Å². The summed E-state index contributed by atoms with van der Waals surface area (Å²) < 4.78 is 11.7. The van der Waals surface area contributed by atoms with Crippen LogP contribution in [0.1, 0.15) is 18.1 Å². The number of likely N-dealkylation sites (N-methyl/N-ethyl adjacent to an activating group) is 1. The van der Waals surface area contributed by atoms with E-state index in [1.807, 2.05) is 57.3 Å². The second-order valence-corrected chi connectivity index (χ2v) is 7.29. The Hall–Kier alpha value is -2.05. The molecule has 5 nitrogen and oxygen atoms in total. The Labute approximate surface area is 163 Å². The molecule has 0 spiro atoms. The molecule has 2 N–H and O–H groups in total. The van der Waals surface area contributed by atoms with E-state index >= 15 is 0 Å². The molecule has 0 aliphatic heterocycles. The first-order chi connectivity index (χ1) is 12.3. The van der Waals surface area contributed by atoms with Crippen molar-refractivity contribution in [3.63, 3.8) is 0 Å². The first-order valence-electron chi connectivity index (χ1n) is 8.46. The van der Waals surface area contributed by atoms with Gasteiger partial charge in [-0.3, -0.25) is 4.79 Å². The van der Waals surface area contributed by atoms with Crippen LogP contribution in [0.25, 0.3) is 0 Å². The number of hydrogen-bond acceptors (Lipinski definition) is 3. The Morgan fingerprint density at radius 2 is 1.73 bits per heavy atom. The minimum absolute atomic E-state index is 0.0112. The number of amides is 1. The van der Waals surface area contributed by atoms with Crippen LogP contribution < -0.4 is 19.7 Å². The van der Waals surface area contributed by atoms with E-state index in [-0.39, 0.29) is 11.9 Å². The van der Waals surface area contributed by atoms with Gasteiger partial charge in [-0.15, -0.1) is 0 Å². The summed E-state index contributed by atoms with van der Waals surface area (Å²) in [6, 6.07) is 11.3. The van der Waals surface area contributed by atoms with Gasteiger partial charge < -0.3 is 19.7 Å². The third-order valence-electron chi connectivity index (χ3n) is 4.56. The zero-order chi connectivity index (χ0) is 19.3. The molecule has 0 heterocycles. The SMILES string of the molecule is COc1cc(C)c(C[NH+](C)[C@H](C)C(=O)Nc2ccc(Br)cc2)cc1OC. The Morgan fingerprint density at radius 3 is 2.31 bits per heavy atom. The Bertz CT molecular complexity index is 762. The highest BCUT2D eigenvalue weighted by molar-refractivity contribution is 9.10. The van der Waals surface area contributed by atoms with E-state index in [0.717, 1.165) is 26.2 Å². The van der Waals surface area contributed by atoms with E-state index in [1.54, 1.807) is 14.2 Å². The number of nitrogens with one attached hydrogen (secondary N) is 2. The molecule has 1 amide bonds. The van der Waals surface area contributed by atoms with Crippen molar-refractivity contribution in [2.24, 2.45) is 0 Å². The first kappa shape index (κ1) is 20.3. The van der Waals surface area contributed by atoms with Crippen molar-refractivity contribution in [3.8, 4) is 11.5 Å². The van der Waals surface area contributed by atoms with Gasteiger partial charge in [-0.1, -0.05) is 15.9 Å². The van der Waals surface area contributed by atoms with E-state index < -0.39 is 0 Å². The normalized spacial score (nSPS) is 13.0. The number of benzene rings is 2. The predicted octanol–water partition coefficient (Wildman–Crippen LogP) is 2.82. The second-order valence-electron chi connectivity index (χ2n) is 6.37. The number of halogens is 1. The molecule has 2 aromatic rings. The molecular formula is C20H26BrN2O3+. The number of carbonyl (C=O) groups excluding carboxylic acids is 1. The number of ether oxygens (including phenoxy) is 2. The number of anilines is 1. The Balaban J connectivity index is 2.07. The van der Waals surface area contributed by atoms with Gasteiger partial charge in [-0.25, -0.2) is 0 Å². The highest BCUT2D eigenvalue weighted by atomic mass is 79.9. The van der Waals surface area contributed by atoms with Gasteiger partial charge in [0.05, 0.1) is 21.3 Å². The first-order valence-corrected chi connectivity index (χ1v) is 9.25. The predicted molar refractivity (Wildman–Crippen MR) is 107 cm³/mol. The zero-order valence-corrected chi connectivity index (χ0v) is 17.4. The second kappa shape index (κ2) is 9.05. The van der Waals surface area contributed by atoms with Crippen molar-refractivity contribution in [2.45, 2.75) is 26.4 Å². The van der Waals surface area contributed by atoms with Gasteiger partial charge in [0.2, 0.25) is 0 Å². The monoisotopic (exact) mass is 421 g/mol. The fourth-order valence-corrected chi connectivity index (χ4v) is 2.94. The maximum absolute atomic E-state index is 12.5. The molecule has 0 bridgehead atoms. The Kier molecular flexibility index (Phi) is 7.06. The zero-order valence-electron chi connectivity index (χ0n) is 15.9. The third-order valence-corrected chi connectivity index (χ3v) is 5.08.